The smallest absolute Gasteiger partial charge is 0.240 e. The van der Waals surface area contributed by atoms with E-state index >= 15 is 0 Å². The number of benzene rings is 2. The van der Waals surface area contributed by atoms with Gasteiger partial charge in [-0.1, -0.05) is 63.2 Å². The Morgan fingerprint density at radius 1 is 0.971 bits per heavy atom. The lowest BCUT2D eigenvalue weighted by Crippen LogP contribution is -2.48. The highest BCUT2D eigenvalue weighted by molar-refractivity contribution is 7.89. The standard InChI is InChI=1S/C26H38N4O3S/c1-26(2,3)22-10-12-23(13-11-22)34(32,33)27-15-14-25(31)28-24(21-8-6-5-7-9-21)20-30-18-16-29(4)17-19-30/h5-13,24,27H,14-20H2,1-4H3,(H,28,31). The number of carbonyl (C=O) groups excluding carboxylic acids is 1. The van der Waals surface area contributed by atoms with Crippen molar-refractivity contribution in [3.05, 3.63) is 65.7 Å². The molecule has 0 spiro atoms. The monoisotopic (exact) mass is 486 g/mol. The van der Waals surface area contributed by atoms with Gasteiger partial charge in [0.25, 0.3) is 0 Å². The maximum atomic E-state index is 12.7. The summed E-state index contributed by atoms with van der Waals surface area (Å²) in [7, 11) is -1.55. The Kier molecular flexibility index (Phi) is 8.87. The zero-order valence-electron chi connectivity index (χ0n) is 20.8. The third-order valence-corrected chi connectivity index (χ3v) is 7.73. The predicted molar refractivity (Wildman–Crippen MR) is 136 cm³/mol. The van der Waals surface area contributed by atoms with Crippen LogP contribution >= 0.6 is 0 Å². The van der Waals surface area contributed by atoms with Gasteiger partial charge in [-0.2, -0.15) is 0 Å². The van der Waals surface area contributed by atoms with Crippen LogP contribution in [0.3, 0.4) is 0 Å². The molecule has 2 N–H and O–H groups in total. The van der Waals surface area contributed by atoms with Crippen molar-refractivity contribution in [2.24, 2.45) is 0 Å². The minimum Gasteiger partial charge on any atom is -0.348 e. The Morgan fingerprint density at radius 3 is 2.18 bits per heavy atom. The Bertz CT molecular complexity index is 1030. The van der Waals surface area contributed by atoms with E-state index < -0.39 is 10.0 Å². The van der Waals surface area contributed by atoms with Crippen molar-refractivity contribution >= 4 is 15.9 Å². The van der Waals surface area contributed by atoms with E-state index in [1.807, 2.05) is 42.5 Å². The van der Waals surface area contributed by atoms with Crippen LogP contribution in [0.4, 0.5) is 0 Å². The Balaban J connectivity index is 1.55. The number of nitrogens with zero attached hydrogens (tertiary/aromatic N) is 2. The molecule has 1 heterocycles. The van der Waals surface area contributed by atoms with Crippen LogP contribution in [-0.4, -0.2) is 70.4 Å². The van der Waals surface area contributed by atoms with Crippen molar-refractivity contribution < 1.29 is 13.2 Å². The molecule has 1 unspecified atom stereocenters. The molecule has 0 saturated carbocycles. The van der Waals surface area contributed by atoms with Gasteiger partial charge in [-0.3, -0.25) is 9.69 Å². The number of hydrogen-bond acceptors (Lipinski definition) is 5. The normalized spacial score (nSPS) is 16.8. The molecule has 2 aromatic carbocycles. The van der Waals surface area contributed by atoms with Gasteiger partial charge in [0.05, 0.1) is 10.9 Å². The minimum atomic E-state index is -3.67. The van der Waals surface area contributed by atoms with Gasteiger partial charge in [-0.05, 0) is 35.7 Å². The fraction of sp³-hybridized carbons (Fsp3) is 0.500. The predicted octanol–water partition coefficient (Wildman–Crippen LogP) is 2.76. The highest BCUT2D eigenvalue weighted by Crippen LogP contribution is 2.23. The van der Waals surface area contributed by atoms with Crippen molar-refractivity contribution in [1.29, 1.82) is 0 Å². The second kappa shape index (κ2) is 11.4. The largest absolute Gasteiger partial charge is 0.348 e. The molecule has 1 amide bonds. The molecule has 2 aromatic rings. The molecule has 186 valence electrons. The molecule has 3 rings (SSSR count). The number of likely N-dealkylation sites (N-methyl/N-ethyl adjacent to an activating group) is 1. The molecule has 8 heteroatoms. The van der Waals surface area contributed by atoms with Crippen molar-refractivity contribution in [2.45, 2.75) is 43.5 Å². The average Bonchev–Trinajstić information content (AvgIpc) is 2.80. The van der Waals surface area contributed by atoms with Gasteiger partial charge < -0.3 is 10.2 Å². The summed E-state index contributed by atoms with van der Waals surface area (Å²) in [5, 5.41) is 3.11. The first-order valence-corrected chi connectivity index (χ1v) is 13.4. The van der Waals surface area contributed by atoms with Crippen LogP contribution in [0, 0.1) is 0 Å². The molecule has 1 aliphatic heterocycles. The zero-order chi connectivity index (χ0) is 24.8. The fourth-order valence-corrected chi connectivity index (χ4v) is 5.02. The SMILES string of the molecule is CN1CCN(CC(NC(=O)CCNS(=O)(=O)c2ccc(C(C)(C)C)cc2)c2ccccc2)CC1. The Hall–Kier alpha value is -2.26. The number of sulfonamides is 1. The highest BCUT2D eigenvalue weighted by Gasteiger charge is 2.22. The minimum absolute atomic E-state index is 0.0468. The Labute approximate surface area is 204 Å². The van der Waals surface area contributed by atoms with E-state index in [9.17, 15) is 13.2 Å². The molecule has 1 aliphatic rings. The maximum Gasteiger partial charge on any atom is 0.240 e. The summed E-state index contributed by atoms with van der Waals surface area (Å²) < 4.78 is 27.9. The fourth-order valence-electron chi connectivity index (χ4n) is 3.99. The first kappa shape index (κ1) is 26.3. The van der Waals surface area contributed by atoms with Gasteiger partial charge in [0.1, 0.15) is 0 Å². The first-order chi connectivity index (χ1) is 16.0. The third-order valence-electron chi connectivity index (χ3n) is 6.25. The van der Waals surface area contributed by atoms with Gasteiger partial charge in [0, 0.05) is 45.7 Å². The lowest BCUT2D eigenvalue weighted by molar-refractivity contribution is -0.121. The van der Waals surface area contributed by atoms with Gasteiger partial charge >= 0.3 is 0 Å². The quantitative estimate of drug-likeness (QED) is 0.570. The molecule has 0 aromatic heterocycles. The van der Waals surface area contributed by atoms with Crippen molar-refractivity contribution in [1.82, 2.24) is 19.8 Å². The molecule has 1 fully saturated rings. The number of hydrogen-bond donors (Lipinski definition) is 2. The van der Waals surface area contributed by atoms with E-state index in [2.05, 4.69) is 47.7 Å². The summed E-state index contributed by atoms with van der Waals surface area (Å²) in [6.07, 6.45) is 0.0748. The van der Waals surface area contributed by atoms with Gasteiger partial charge in [0.15, 0.2) is 0 Å². The average molecular weight is 487 g/mol. The topological polar surface area (TPSA) is 81.8 Å². The molecule has 0 aliphatic carbocycles. The summed E-state index contributed by atoms with van der Waals surface area (Å²) in [5.41, 5.74) is 2.07. The van der Waals surface area contributed by atoms with Gasteiger partial charge in [0.2, 0.25) is 15.9 Å². The van der Waals surface area contributed by atoms with E-state index in [1.54, 1.807) is 12.1 Å². The summed E-state index contributed by atoms with van der Waals surface area (Å²) in [6.45, 7) is 11.0. The first-order valence-electron chi connectivity index (χ1n) is 11.9. The van der Waals surface area contributed by atoms with Crippen LogP contribution < -0.4 is 10.0 Å². The van der Waals surface area contributed by atoms with E-state index in [0.29, 0.717) is 0 Å². The van der Waals surface area contributed by atoms with E-state index in [4.69, 9.17) is 0 Å². The zero-order valence-corrected chi connectivity index (χ0v) is 21.6. The molecule has 0 bridgehead atoms. The molecular weight excluding hydrogens is 448 g/mol. The lowest BCUT2D eigenvalue weighted by Gasteiger charge is -2.35. The van der Waals surface area contributed by atoms with E-state index in [0.717, 1.165) is 43.9 Å². The highest BCUT2D eigenvalue weighted by atomic mass is 32.2. The van der Waals surface area contributed by atoms with Crippen LogP contribution in [0.25, 0.3) is 0 Å². The molecule has 0 radical (unpaired) electrons. The summed E-state index contributed by atoms with van der Waals surface area (Å²) in [4.78, 5) is 17.6. The number of carbonyl (C=O) groups is 1. The van der Waals surface area contributed by atoms with Crippen LogP contribution in [0.15, 0.2) is 59.5 Å². The molecule has 7 nitrogen and oxygen atoms in total. The Morgan fingerprint density at radius 2 is 1.59 bits per heavy atom. The van der Waals surface area contributed by atoms with Crippen LogP contribution in [0.2, 0.25) is 0 Å². The summed E-state index contributed by atoms with van der Waals surface area (Å²) in [6, 6.07) is 16.7. The number of nitrogens with one attached hydrogen (secondary N) is 2. The maximum absolute atomic E-state index is 12.7. The van der Waals surface area contributed by atoms with Crippen LogP contribution in [0.5, 0.6) is 0 Å². The molecule has 34 heavy (non-hydrogen) atoms. The summed E-state index contributed by atoms with van der Waals surface area (Å²) >= 11 is 0. The second-order valence-electron chi connectivity index (χ2n) is 10.1. The summed E-state index contributed by atoms with van der Waals surface area (Å²) in [5.74, 6) is -0.172. The second-order valence-corrected chi connectivity index (χ2v) is 11.8. The lowest BCUT2D eigenvalue weighted by atomic mass is 9.87. The molecule has 1 atom stereocenters. The van der Waals surface area contributed by atoms with E-state index in [1.165, 1.54) is 0 Å². The van der Waals surface area contributed by atoms with E-state index in [-0.39, 0.29) is 35.2 Å². The molecular formula is C26H38N4O3S. The van der Waals surface area contributed by atoms with Crippen molar-refractivity contribution in [2.75, 3.05) is 46.3 Å². The number of rotatable bonds is 9. The van der Waals surface area contributed by atoms with Crippen LogP contribution in [-0.2, 0) is 20.2 Å². The molecule has 1 saturated heterocycles. The number of amides is 1. The van der Waals surface area contributed by atoms with Crippen molar-refractivity contribution in [3.8, 4) is 0 Å². The van der Waals surface area contributed by atoms with Gasteiger partial charge in [-0.15, -0.1) is 0 Å². The number of piperazine rings is 1. The van der Waals surface area contributed by atoms with Crippen LogP contribution in [0.1, 0.15) is 44.4 Å². The van der Waals surface area contributed by atoms with Crippen molar-refractivity contribution in [3.63, 3.8) is 0 Å². The third kappa shape index (κ3) is 7.63. The van der Waals surface area contributed by atoms with Gasteiger partial charge in [-0.25, -0.2) is 13.1 Å².